The lowest BCUT2D eigenvalue weighted by atomic mass is 9.94. The van der Waals surface area contributed by atoms with Crippen LogP contribution in [-0.4, -0.2) is 36.1 Å². The molecule has 1 aliphatic rings. The second-order valence-electron chi connectivity index (χ2n) is 5.70. The van der Waals surface area contributed by atoms with Gasteiger partial charge in [0.15, 0.2) is 0 Å². The number of aliphatic carboxylic acids is 1. The van der Waals surface area contributed by atoms with Gasteiger partial charge in [0.05, 0.1) is 0 Å². The van der Waals surface area contributed by atoms with E-state index in [4.69, 9.17) is 5.11 Å². The summed E-state index contributed by atoms with van der Waals surface area (Å²) < 4.78 is 0. The highest BCUT2D eigenvalue weighted by Crippen LogP contribution is 2.18. The summed E-state index contributed by atoms with van der Waals surface area (Å²) in [6.45, 7) is 3.52. The van der Waals surface area contributed by atoms with Gasteiger partial charge in [-0.2, -0.15) is 0 Å². The van der Waals surface area contributed by atoms with Crippen LogP contribution in [0.2, 0.25) is 0 Å². The van der Waals surface area contributed by atoms with Crippen LogP contribution in [0.1, 0.15) is 58.3 Å². The van der Waals surface area contributed by atoms with Gasteiger partial charge in [0.1, 0.15) is 0 Å². The maximum absolute atomic E-state index is 11.6. The van der Waals surface area contributed by atoms with Gasteiger partial charge in [-0.05, 0) is 31.6 Å². The first kappa shape index (κ1) is 17.0. The molecule has 1 atom stereocenters. The molecule has 0 aromatic heterocycles. The van der Waals surface area contributed by atoms with Crippen molar-refractivity contribution >= 4 is 11.9 Å². The van der Waals surface area contributed by atoms with Gasteiger partial charge >= 0.3 is 5.97 Å². The molecule has 3 N–H and O–H groups in total. The monoisotopic (exact) mass is 284 g/mol. The molecule has 0 aliphatic heterocycles. The van der Waals surface area contributed by atoms with E-state index < -0.39 is 5.97 Å². The zero-order chi connectivity index (χ0) is 14.8. The van der Waals surface area contributed by atoms with E-state index in [-0.39, 0.29) is 12.3 Å². The van der Waals surface area contributed by atoms with Gasteiger partial charge in [-0.25, -0.2) is 0 Å². The number of carbonyl (C=O) groups is 2. The Hall–Kier alpha value is -1.10. The van der Waals surface area contributed by atoms with Crippen LogP contribution < -0.4 is 10.6 Å². The van der Waals surface area contributed by atoms with Crippen molar-refractivity contribution in [1.82, 2.24) is 10.6 Å². The molecule has 1 aliphatic carbocycles. The van der Waals surface area contributed by atoms with Crippen LogP contribution in [0.25, 0.3) is 0 Å². The van der Waals surface area contributed by atoms with Gasteiger partial charge in [0.25, 0.3) is 0 Å². The largest absolute Gasteiger partial charge is 0.481 e. The zero-order valence-corrected chi connectivity index (χ0v) is 12.5. The molecule has 116 valence electrons. The van der Waals surface area contributed by atoms with Crippen LogP contribution in [0.15, 0.2) is 0 Å². The summed E-state index contributed by atoms with van der Waals surface area (Å²) in [7, 11) is 0. The normalized spacial score (nSPS) is 15.8. The minimum Gasteiger partial charge on any atom is -0.481 e. The summed E-state index contributed by atoms with van der Waals surface area (Å²) in [6, 6.07) is 0.646. The van der Waals surface area contributed by atoms with Crippen molar-refractivity contribution in [3.05, 3.63) is 0 Å². The van der Waals surface area contributed by atoms with Gasteiger partial charge in [-0.1, -0.05) is 19.8 Å². The number of nitrogens with one attached hydrogen (secondary N) is 2. The van der Waals surface area contributed by atoms with E-state index in [0.29, 0.717) is 31.3 Å². The van der Waals surface area contributed by atoms with Crippen LogP contribution in [0.5, 0.6) is 0 Å². The molecule has 5 heteroatoms. The molecule has 0 radical (unpaired) electrons. The average molecular weight is 284 g/mol. The third kappa shape index (κ3) is 8.91. The van der Waals surface area contributed by atoms with E-state index in [1.807, 2.05) is 0 Å². The summed E-state index contributed by atoms with van der Waals surface area (Å²) in [5.41, 5.74) is 0. The predicted octanol–water partition coefficient (Wildman–Crippen LogP) is 1.92. The van der Waals surface area contributed by atoms with Crippen molar-refractivity contribution in [3.63, 3.8) is 0 Å². The van der Waals surface area contributed by atoms with Gasteiger partial charge in [-0.3, -0.25) is 9.59 Å². The predicted molar refractivity (Wildman–Crippen MR) is 78.5 cm³/mol. The minimum atomic E-state index is -0.735. The van der Waals surface area contributed by atoms with E-state index in [0.717, 1.165) is 25.8 Å². The molecular formula is C15H28N2O3. The standard InChI is InChI=1S/C15H28N2O3/c1-2-3-12(4-7-15(19)20)8-10-17-14(18)9-11-16-13-5-6-13/h12-13,16H,2-11H2,1H3,(H,17,18)(H,19,20). The minimum absolute atomic E-state index is 0.0895. The number of carboxylic acid groups (broad SMARTS) is 1. The van der Waals surface area contributed by atoms with Crippen molar-refractivity contribution in [2.75, 3.05) is 13.1 Å². The molecule has 0 aromatic rings. The third-order valence-corrected chi connectivity index (χ3v) is 3.70. The summed E-state index contributed by atoms with van der Waals surface area (Å²) >= 11 is 0. The highest BCUT2D eigenvalue weighted by Gasteiger charge is 2.20. The topological polar surface area (TPSA) is 78.4 Å². The van der Waals surface area contributed by atoms with E-state index in [9.17, 15) is 9.59 Å². The van der Waals surface area contributed by atoms with Crippen LogP contribution in [-0.2, 0) is 9.59 Å². The van der Waals surface area contributed by atoms with Crippen LogP contribution in [0.4, 0.5) is 0 Å². The zero-order valence-electron chi connectivity index (χ0n) is 12.5. The number of carbonyl (C=O) groups excluding carboxylic acids is 1. The molecule has 1 unspecified atom stereocenters. The Morgan fingerprint density at radius 2 is 1.90 bits per heavy atom. The lowest BCUT2D eigenvalue weighted by Crippen LogP contribution is -2.30. The highest BCUT2D eigenvalue weighted by molar-refractivity contribution is 5.76. The van der Waals surface area contributed by atoms with Crippen LogP contribution >= 0.6 is 0 Å². The van der Waals surface area contributed by atoms with E-state index in [1.165, 1.54) is 12.8 Å². The van der Waals surface area contributed by atoms with Gasteiger partial charge < -0.3 is 15.7 Å². The first-order chi connectivity index (χ1) is 9.61. The molecule has 1 saturated carbocycles. The Morgan fingerprint density at radius 3 is 2.50 bits per heavy atom. The Kier molecular flexibility index (Phi) is 8.26. The Labute approximate surface area is 121 Å². The van der Waals surface area contributed by atoms with Crippen molar-refractivity contribution < 1.29 is 14.7 Å². The van der Waals surface area contributed by atoms with Crippen LogP contribution in [0, 0.1) is 5.92 Å². The molecule has 5 nitrogen and oxygen atoms in total. The molecule has 0 aromatic carbocycles. The summed E-state index contributed by atoms with van der Waals surface area (Å²) in [4.78, 5) is 22.2. The van der Waals surface area contributed by atoms with E-state index in [1.54, 1.807) is 0 Å². The van der Waals surface area contributed by atoms with Crippen LogP contribution in [0.3, 0.4) is 0 Å². The Balaban J connectivity index is 2.04. The molecule has 0 spiro atoms. The number of hydrogen-bond donors (Lipinski definition) is 3. The lowest BCUT2D eigenvalue weighted by Gasteiger charge is -2.15. The van der Waals surface area contributed by atoms with Gasteiger partial charge in [0, 0.05) is 32.0 Å². The molecule has 0 bridgehead atoms. The van der Waals surface area contributed by atoms with Crippen molar-refractivity contribution in [2.45, 2.75) is 64.3 Å². The van der Waals surface area contributed by atoms with Crippen molar-refractivity contribution in [1.29, 1.82) is 0 Å². The molecule has 1 amide bonds. The second-order valence-corrected chi connectivity index (χ2v) is 5.70. The number of hydrogen-bond acceptors (Lipinski definition) is 3. The van der Waals surface area contributed by atoms with Gasteiger partial charge in [0.2, 0.25) is 5.91 Å². The molecule has 1 fully saturated rings. The molecule has 0 heterocycles. The second kappa shape index (κ2) is 9.75. The van der Waals surface area contributed by atoms with E-state index in [2.05, 4.69) is 17.6 Å². The quantitative estimate of drug-likeness (QED) is 0.511. The van der Waals surface area contributed by atoms with Crippen molar-refractivity contribution in [3.8, 4) is 0 Å². The maximum Gasteiger partial charge on any atom is 0.303 e. The highest BCUT2D eigenvalue weighted by atomic mass is 16.4. The number of carboxylic acids is 1. The van der Waals surface area contributed by atoms with Crippen molar-refractivity contribution in [2.24, 2.45) is 5.92 Å². The first-order valence-corrected chi connectivity index (χ1v) is 7.83. The molecule has 1 rings (SSSR count). The van der Waals surface area contributed by atoms with Gasteiger partial charge in [-0.15, -0.1) is 0 Å². The van der Waals surface area contributed by atoms with E-state index >= 15 is 0 Å². The smallest absolute Gasteiger partial charge is 0.303 e. The summed E-state index contributed by atoms with van der Waals surface area (Å²) in [5.74, 6) is -0.242. The SMILES string of the molecule is CCCC(CCNC(=O)CCNC1CC1)CCC(=O)O. The fourth-order valence-electron chi connectivity index (χ4n) is 2.35. The Bertz CT molecular complexity index is 303. The lowest BCUT2D eigenvalue weighted by molar-refractivity contribution is -0.137. The Morgan fingerprint density at radius 1 is 1.15 bits per heavy atom. The molecule has 20 heavy (non-hydrogen) atoms. The fourth-order valence-corrected chi connectivity index (χ4v) is 2.35. The third-order valence-electron chi connectivity index (χ3n) is 3.70. The first-order valence-electron chi connectivity index (χ1n) is 7.83. The average Bonchev–Trinajstić information content (AvgIpc) is 3.20. The molecular weight excluding hydrogens is 256 g/mol. The number of rotatable bonds is 12. The number of amides is 1. The maximum atomic E-state index is 11.6. The molecule has 0 saturated heterocycles. The fraction of sp³-hybridized carbons (Fsp3) is 0.867. The summed E-state index contributed by atoms with van der Waals surface area (Å²) in [5, 5.41) is 15.0. The summed E-state index contributed by atoms with van der Waals surface area (Å²) in [6.07, 6.45) is 6.92.